The fourth-order valence-electron chi connectivity index (χ4n) is 2.87. The van der Waals surface area contributed by atoms with Gasteiger partial charge in [-0.2, -0.15) is 0 Å². The quantitative estimate of drug-likeness (QED) is 0.752. The number of carboxylic acids is 1. The summed E-state index contributed by atoms with van der Waals surface area (Å²) in [7, 11) is 0. The number of anilines is 1. The molecular weight excluding hydrogens is 316 g/mol. The number of H-pyrrole nitrogens is 1. The predicted octanol–water partition coefficient (Wildman–Crippen LogP) is 2.84. The van der Waals surface area contributed by atoms with Gasteiger partial charge in [-0.25, -0.2) is 0 Å². The molecule has 5 heteroatoms. The van der Waals surface area contributed by atoms with Crippen LogP contribution in [-0.2, 0) is 11.2 Å². The maximum atomic E-state index is 12.4. The Morgan fingerprint density at radius 2 is 1.76 bits per heavy atom. The lowest BCUT2D eigenvalue weighted by Gasteiger charge is -2.09. The van der Waals surface area contributed by atoms with Gasteiger partial charge in [-0.15, -0.1) is 0 Å². The number of aromatic carboxylic acids is 1. The number of carboxylic acid groups (broad SMARTS) is 1. The zero-order valence-electron chi connectivity index (χ0n) is 14.1. The summed E-state index contributed by atoms with van der Waals surface area (Å²) in [5.74, 6) is -1.17. The Bertz CT molecular complexity index is 924. The van der Waals surface area contributed by atoms with Gasteiger partial charge < -0.3 is 20.2 Å². The molecule has 0 aliphatic rings. The lowest BCUT2D eigenvalue weighted by atomic mass is 10.0. The number of fused-ring (bicyclic) bond motifs is 1. The molecule has 0 bridgehead atoms. The highest BCUT2D eigenvalue weighted by molar-refractivity contribution is 6.01. The normalized spacial score (nSPS) is 11.0. The zero-order chi connectivity index (χ0) is 18.0. The van der Waals surface area contributed by atoms with E-state index in [1.807, 2.05) is 24.3 Å². The molecule has 0 aliphatic carbocycles. The van der Waals surface area contributed by atoms with Crippen LogP contribution in [0.2, 0.25) is 0 Å². The number of benzene rings is 2. The fraction of sp³-hybridized carbons (Fsp3) is 0.200. The summed E-state index contributed by atoms with van der Waals surface area (Å²) >= 11 is 0. The number of hydrogen-bond acceptors (Lipinski definition) is 3. The van der Waals surface area contributed by atoms with Gasteiger partial charge in [-0.1, -0.05) is 44.2 Å². The van der Waals surface area contributed by atoms with Crippen LogP contribution in [0, 0.1) is 0 Å². The number of carbonyl (C=O) groups excluding carboxylic acids is 2. The average molecular weight is 335 g/mol. The van der Waals surface area contributed by atoms with E-state index in [9.17, 15) is 14.7 Å². The maximum absolute atomic E-state index is 12.4. The first-order valence-corrected chi connectivity index (χ1v) is 8.16. The lowest BCUT2D eigenvalue weighted by Crippen LogP contribution is -2.25. The van der Waals surface area contributed by atoms with E-state index in [2.05, 4.69) is 24.1 Å². The van der Waals surface area contributed by atoms with Crippen LogP contribution >= 0.6 is 0 Å². The summed E-state index contributed by atoms with van der Waals surface area (Å²) in [5, 5.41) is 14.9. The first-order chi connectivity index (χ1) is 12.0. The third-order valence-corrected chi connectivity index (χ3v) is 4.22. The predicted molar refractivity (Wildman–Crippen MR) is 95.5 cm³/mol. The third-order valence-electron chi connectivity index (χ3n) is 4.22. The average Bonchev–Trinajstić information content (AvgIpc) is 2.94. The highest BCUT2D eigenvalue weighted by Crippen LogP contribution is 2.23. The minimum atomic E-state index is -1.32. The molecule has 25 heavy (non-hydrogen) atoms. The number of aromatic amines is 1. The van der Waals surface area contributed by atoms with E-state index >= 15 is 0 Å². The third kappa shape index (κ3) is 3.55. The van der Waals surface area contributed by atoms with E-state index < -0.39 is 5.97 Å². The molecule has 0 spiro atoms. The number of amides is 1. The van der Waals surface area contributed by atoms with Crippen LogP contribution in [0.4, 0.5) is 5.69 Å². The molecule has 0 atom stereocenters. The summed E-state index contributed by atoms with van der Waals surface area (Å²) < 4.78 is 0. The van der Waals surface area contributed by atoms with Gasteiger partial charge in [-0.3, -0.25) is 4.79 Å². The SMILES string of the molecule is CC(C)c1ccc(NC(=O)Cc2c(C(=O)[O-])[nH]c3ccccc23)cc1. The highest BCUT2D eigenvalue weighted by atomic mass is 16.4. The molecule has 128 valence electrons. The first-order valence-electron chi connectivity index (χ1n) is 8.16. The van der Waals surface area contributed by atoms with Crippen LogP contribution in [-0.4, -0.2) is 16.9 Å². The molecule has 5 nitrogen and oxygen atoms in total. The van der Waals surface area contributed by atoms with Gasteiger partial charge in [0.1, 0.15) is 0 Å². The van der Waals surface area contributed by atoms with Gasteiger partial charge in [0.15, 0.2) is 0 Å². The van der Waals surface area contributed by atoms with Gasteiger partial charge in [0, 0.05) is 16.6 Å². The molecular formula is C20H19N2O3-. The second-order valence-electron chi connectivity index (χ2n) is 6.31. The number of hydrogen-bond donors (Lipinski definition) is 2. The van der Waals surface area contributed by atoms with Crippen molar-refractivity contribution in [2.75, 3.05) is 5.32 Å². The minimum Gasteiger partial charge on any atom is -0.543 e. The smallest absolute Gasteiger partial charge is 0.228 e. The van der Waals surface area contributed by atoms with Crippen LogP contribution < -0.4 is 10.4 Å². The van der Waals surface area contributed by atoms with Crippen LogP contribution in [0.15, 0.2) is 48.5 Å². The fourth-order valence-corrected chi connectivity index (χ4v) is 2.87. The Morgan fingerprint density at radius 3 is 2.40 bits per heavy atom. The molecule has 0 radical (unpaired) electrons. The second-order valence-corrected chi connectivity index (χ2v) is 6.31. The van der Waals surface area contributed by atoms with Crippen molar-refractivity contribution < 1.29 is 14.7 Å². The molecule has 3 aromatic rings. The second kappa shape index (κ2) is 6.81. The lowest BCUT2D eigenvalue weighted by molar-refractivity contribution is -0.255. The molecule has 0 fully saturated rings. The Hall–Kier alpha value is -3.08. The van der Waals surface area contributed by atoms with Crippen molar-refractivity contribution >= 4 is 28.5 Å². The molecule has 0 saturated carbocycles. The monoisotopic (exact) mass is 335 g/mol. The van der Waals surface area contributed by atoms with Crippen LogP contribution in [0.1, 0.15) is 41.4 Å². The Morgan fingerprint density at radius 1 is 1.08 bits per heavy atom. The van der Waals surface area contributed by atoms with Crippen LogP contribution in [0.5, 0.6) is 0 Å². The maximum Gasteiger partial charge on any atom is 0.228 e. The molecule has 1 aromatic heterocycles. The van der Waals surface area contributed by atoms with E-state index in [4.69, 9.17) is 0 Å². The number of para-hydroxylation sites is 1. The summed E-state index contributed by atoms with van der Waals surface area (Å²) in [5.41, 5.74) is 2.93. The van der Waals surface area contributed by atoms with E-state index in [1.165, 1.54) is 5.56 Å². The first kappa shape index (κ1) is 16.8. The Kier molecular flexibility index (Phi) is 4.57. The standard InChI is InChI=1S/C20H20N2O3/c1-12(2)13-7-9-14(10-8-13)21-18(23)11-16-15-5-3-4-6-17(15)22-19(16)20(24)25/h3-10,12,22H,11H2,1-2H3,(H,21,23)(H,24,25)/p-1. The van der Waals surface area contributed by atoms with Crippen molar-refractivity contribution in [2.24, 2.45) is 0 Å². The van der Waals surface area contributed by atoms with Gasteiger partial charge in [0.2, 0.25) is 5.91 Å². The Labute approximate surface area is 145 Å². The van der Waals surface area contributed by atoms with Gasteiger partial charge >= 0.3 is 0 Å². The molecule has 0 saturated heterocycles. The van der Waals surface area contributed by atoms with Gasteiger partial charge in [-0.05, 0) is 35.2 Å². The van der Waals surface area contributed by atoms with Crippen molar-refractivity contribution in [3.05, 3.63) is 65.4 Å². The number of nitrogens with one attached hydrogen (secondary N) is 2. The minimum absolute atomic E-state index is 0.0424. The molecule has 3 rings (SSSR count). The van der Waals surface area contributed by atoms with Crippen LogP contribution in [0.3, 0.4) is 0 Å². The molecule has 0 unspecified atom stereocenters. The number of rotatable bonds is 5. The van der Waals surface area contributed by atoms with Crippen molar-refractivity contribution in [1.29, 1.82) is 0 Å². The van der Waals surface area contributed by atoms with Gasteiger partial charge in [0.05, 0.1) is 18.1 Å². The summed E-state index contributed by atoms with van der Waals surface area (Å²) in [6.07, 6.45) is -0.0424. The van der Waals surface area contributed by atoms with Crippen molar-refractivity contribution in [3.63, 3.8) is 0 Å². The molecule has 1 amide bonds. The zero-order valence-corrected chi connectivity index (χ0v) is 14.1. The topological polar surface area (TPSA) is 85.0 Å². The number of carbonyl (C=O) groups is 2. The highest BCUT2D eigenvalue weighted by Gasteiger charge is 2.15. The van der Waals surface area contributed by atoms with Crippen molar-refractivity contribution in [2.45, 2.75) is 26.2 Å². The van der Waals surface area contributed by atoms with Crippen LogP contribution in [0.25, 0.3) is 10.9 Å². The number of aromatic nitrogens is 1. The summed E-state index contributed by atoms with van der Waals surface area (Å²) in [6.45, 7) is 4.21. The summed E-state index contributed by atoms with van der Waals surface area (Å²) in [6, 6.07) is 14.8. The molecule has 2 aromatic carbocycles. The van der Waals surface area contributed by atoms with Gasteiger partial charge in [0.25, 0.3) is 0 Å². The molecule has 0 aliphatic heterocycles. The Balaban J connectivity index is 1.82. The van der Waals surface area contributed by atoms with E-state index in [1.54, 1.807) is 24.3 Å². The van der Waals surface area contributed by atoms with E-state index in [0.29, 0.717) is 28.1 Å². The largest absolute Gasteiger partial charge is 0.543 e. The summed E-state index contributed by atoms with van der Waals surface area (Å²) in [4.78, 5) is 26.5. The van der Waals surface area contributed by atoms with E-state index in [0.717, 1.165) is 0 Å². The molecule has 1 heterocycles. The van der Waals surface area contributed by atoms with Crippen molar-refractivity contribution in [3.8, 4) is 0 Å². The van der Waals surface area contributed by atoms with E-state index in [-0.39, 0.29) is 18.0 Å². The molecule has 2 N–H and O–H groups in total. The van der Waals surface area contributed by atoms with Crippen molar-refractivity contribution in [1.82, 2.24) is 4.98 Å².